The fourth-order valence-electron chi connectivity index (χ4n) is 5.26. The number of hydrogen-bond acceptors (Lipinski definition) is 6. The van der Waals surface area contributed by atoms with Crippen molar-refractivity contribution in [2.45, 2.75) is 64.0 Å². The molecule has 0 spiro atoms. The molecule has 0 radical (unpaired) electrons. The number of carbonyl (C=O) groups is 2. The Bertz CT molecular complexity index is 1280. The predicted molar refractivity (Wildman–Crippen MR) is 167 cm³/mol. The number of carboxylic acid groups (broad SMARTS) is 1. The Morgan fingerprint density at radius 1 is 1.00 bits per heavy atom. The van der Waals surface area contributed by atoms with Crippen LogP contribution in [0.2, 0.25) is 5.02 Å². The fraction of sp³-hybridized carbons (Fsp3) is 0.469. The SMILES string of the molecule is CN(CCCCC(=O)O)CCCCC(=O)N1CCC(Nc2cc(NCc3ccc(Cl)cc3)nc3ccccc23)CC1. The van der Waals surface area contributed by atoms with Gasteiger partial charge < -0.3 is 25.5 Å². The van der Waals surface area contributed by atoms with E-state index in [9.17, 15) is 9.59 Å². The molecule has 0 unspecified atom stereocenters. The molecule has 0 atom stereocenters. The Labute approximate surface area is 248 Å². The summed E-state index contributed by atoms with van der Waals surface area (Å²) in [6.07, 6.45) is 6.10. The van der Waals surface area contributed by atoms with Gasteiger partial charge in [0, 0.05) is 60.7 Å². The number of likely N-dealkylation sites (tertiary alicyclic amines) is 1. The molecule has 3 N–H and O–H groups in total. The highest BCUT2D eigenvalue weighted by Gasteiger charge is 2.23. The van der Waals surface area contributed by atoms with E-state index in [1.807, 2.05) is 47.4 Å². The van der Waals surface area contributed by atoms with Crippen LogP contribution in [0.4, 0.5) is 11.5 Å². The van der Waals surface area contributed by atoms with Gasteiger partial charge in [-0.2, -0.15) is 0 Å². The molecule has 2 heterocycles. The first-order valence-electron chi connectivity index (χ1n) is 14.7. The van der Waals surface area contributed by atoms with E-state index >= 15 is 0 Å². The highest BCUT2D eigenvalue weighted by molar-refractivity contribution is 6.30. The summed E-state index contributed by atoms with van der Waals surface area (Å²) >= 11 is 6.02. The predicted octanol–water partition coefficient (Wildman–Crippen LogP) is 6.26. The van der Waals surface area contributed by atoms with Crippen LogP contribution in [0, 0.1) is 0 Å². The van der Waals surface area contributed by atoms with Crippen LogP contribution >= 0.6 is 11.6 Å². The Hall–Kier alpha value is -3.36. The first-order valence-corrected chi connectivity index (χ1v) is 15.1. The van der Waals surface area contributed by atoms with Crippen molar-refractivity contribution in [2.24, 2.45) is 0 Å². The molecule has 1 aromatic heterocycles. The molecular weight excluding hydrogens is 538 g/mol. The molecule has 8 nitrogen and oxygen atoms in total. The molecule has 1 saturated heterocycles. The quantitative estimate of drug-likeness (QED) is 0.183. The van der Waals surface area contributed by atoms with Gasteiger partial charge in [-0.05, 0) is 82.4 Å². The lowest BCUT2D eigenvalue weighted by molar-refractivity contribution is -0.137. The third kappa shape index (κ3) is 9.90. The number of anilines is 2. The Morgan fingerprint density at radius 2 is 1.68 bits per heavy atom. The number of aliphatic carboxylic acids is 1. The van der Waals surface area contributed by atoms with Crippen molar-refractivity contribution in [2.75, 3.05) is 43.9 Å². The number of amides is 1. The Morgan fingerprint density at radius 3 is 2.39 bits per heavy atom. The van der Waals surface area contributed by atoms with E-state index in [4.69, 9.17) is 21.7 Å². The normalized spacial score (nSPS) is 14.0. The van der Waals surface area contributed by atoms with E-state index in [0.29, 0.717) is 25.4 Å². The van der Waals surface area contributed by atoms with Gasteiger partial charge in [0.1, 0.15) is 5.82 Å². The minimum atomic E-state index is -0.732. The fourth-order valence-corrected chi connectivity index (χ4v) is 5.39. The molecule has 220 valence electrons. The molecule has 1 amide bonds. The van der Waals surface area contributed by atoms with Crippen molar-refractivity contribution in [3.63, 3.8) is 0 Å². The van der Waals surface area contributed by atoms with Crippen molar-refractivity contribution in [1.29, 1.82) is 0 Å². The first kappa shape index (κ1) is 30.6. The Balaban J connectivity index is 1.22. The van der Waals surface area contributed by atoms with E-state index in [0.717, 1.165) is 91.3 Å². The van der Waals surface area contributed by atoms with Gasteiger partial charge in [0.15, 0.2) is 0 Å². The standard InChI is InChI=1S/C32H42ClN5O3/c1-37(19-7-5-11-32(40)41)18-6-4-10-31(39)38-20-16-26(17-21-38)35-29-22-30(36-28-9-3-2-8-27(28)29)34-23-24-12-14-25(33)15-13-24/h2-3,8-9,12-15,22,26H,4-7,10-11,16-21,23H2,1H3,(H,40,41)(H2,34,35,36). The number of para-hydroxylation sites is 1. The molecule has 0 bridgehead atoms. The monoisotopic (exact) mass is 579 g/mol. The third-order valence-electron chi connectivity index (χ3n) is 7.67. The van der Waals surface area contributed by atoms with Gasteiger partial charge in [0.25, 0.3) is 0 Å². The van der Waals surface area contributed by atoms with Gasteiger partial charge in [0.05, 0.1) is 5.52 Å². The molecular formula is C32H42ClN5O3. The van der Waals surface area contributed by atoms with Gasteiger partial charge in [-0.25, -0.2) is 4.98 Å². The number of fused-ring (bicyclic) bond motifs is 1. The van der Waals surface area contributed by atoms with Crippen LogP contribution in [-0.4, -0.2) is 71.0 Å². The van der Waals surface area contributed by atoms with Gasteiger partial charge in [-0.15, -0.1) is 0 Å². The van der Waals surface area contributed by atoms with E-state index in [-0.39, 0.29) is 12.3 Å². The molecule has 41 heavy (non-hydrogen) atoms. The van der Waals surface area contributed by atoms with Crippen molar-refractivity contribution in [1.82, 2.24) is 14.8 Å². The number of rotatable bonds is 15. The molecule has 2 aromatic carbocycles. The minimum absolute atomic E-state index is 0.233. The second kappa shape index (κ2) is 15.6. The molecule has 1 fully saturated rings. The number of carbonyl (C=O) groups excluding carboxylic acids is 1. The van der Waals surface area contributed by atoms with E-state index in [1.165, 1.54) is 0 Å². The number of halogens is 1. The zero-order valence-electron chi connectivity index (χ0n) is 23.9. The number of hydrogen-bond donors (Lipinski definition) is 3. The van der Waals surface area contributed by atoms with E-state index in [2.05, 4.69) is 34.7 Å². The molecule has 4 rings (SSSR count). The van der Waals surface area contributed by atoms with Crippen LogP contribution in [-0.2, 0) is 16.1 Å². The van der Waals surface area contributed by atoms with Gasteiger partial charge in [-0.1, -0.05) is 41.9 Å². The lowest BCUT2D eigenvalue weighted by Crippen LogP contribution is -2.42. The third-order valence-corrected chi connectivity index (χ3v) is 7.92. The van der Waals surface area contributed by atoms with Crippen molar-refractivity contribution < 1.29 is 14.7 Å². The number of benzene rings is 2. The maximum Gasteiger partial charge on any atom is 0.303 e. The van der Waals surface area contributed by atoms with Crippen molar-refractivity contribution >= 4 is 45.9 Å². The highest BCUT2D eigenvalue weighted by Crippen LogP contribution is 2.28. The minimum Gasteiger partial charge on any atom is -0.481 e. The Kier molecular flexibility index (Phi) is 11.6. The molecule has 1 aliphatic rings. The summed E-state index contributed by atoms with van der Waals surface area (Å²) in [6.45, 7) is 4.03. The molecule has 0 saturated carbocycles. The largest absolute Gasteiger partial charge is 0.481 e. The summed E-state index contributed by atoms with van der Waals surface area (Å²) in [5.41, 5.74) is 3.14. The summed E-state index contributed by atoms with van der Waals surface area (Å²) in [7, 11) is 2.06. The second-order valence-corrected chi connectivity index (χ2v) is 11.4. The summed E-state index contributed by atoms with van der Waals surface area (Å²) in [5, 5.41) is 17.8. The number of pyridine rings is 1. The van der Waals surface area contributed by atoms with Crippen LogP contribution in [0.5, 0.6) is 0 Å². The van der Waals surface area contributed by atoms with E-state index in [1.54, 1.807) is 0 Å². The molecule has 1 aliphatic heterocycles. The van der Waals surface area contributed by atoms with E-state index < -0.39 is 5.97 Å². The average molecular weight is 580 g/mol. The lowest BCUT2D eigenvalue weighted by Gasteiger charge is -2.33. The van der Waals surface area contributed by atoms with Crippen molar-refractivity contribution in [3.8, 4) is 0 Å². The van der Waals surface area contributed by atoms with Crippen LogP contribution in [0.15, 0.2) is 54.6 Å². The first-order chi connectivity index (χ1) is 19.9. The number of nitrogens with one attached hydrogen (secondary N) is 2. The van der Waals surface area contributed by atoms with Gasteiger partial charge in [0.2, 0.25) is 5.91 Å². The van der Waals surface area contributed by atoms with Crippen LogP contribution in [0.25, 0.3) is 10.9 Å². The van der Waals surface area contributed by atoms with Crippen LogP contribution in [0.1, 0.15) is 56.9 Å². The lowest BCUT2D eigenvalue weighted by atomic mass is 10.0. The zero-order valence-corrected chi connectivity index (χ0v) is 24.7. The number of nitrogens with zero attached hydrogens (tertiary/aromatic N) is 3. The average Bonchev–Trinajstić information content (AvgIpc) is 2.97. The van der Waals surface area contributed by atoms with Crippen LogP contribution in [0.3, 0.4) is 0 Å². The molecule has 0 aliphatic carbocycles. The number of unbranched alkanes of at least 4 members (excludes halogenated alkanes) is 2. The molecule has 3 aromatic rings. The smallest absolute Gasteiger partial charge is 0.303 e. The number of piperidine rings is 1. The summed E-state index contributed by atoms with van der Waals surface area (Å²) in [5.74, 6) is 0.333. The van der Waals surface area contributed by atoms with Crippen molar-refractivity contribution in [3.05, 3.63) is 65.2 Å². The highest BCUT2D eigenvalue weighted by atomic mass is 35.5. The van der Waals surface area contributed by atoms with Crippen LogP contribution < -0.4 is 10.6 Å². The summed E-state index contributed by atoms with van der Waals surface area (Å²) < 4.78 is 0. The summed E-state index contributed by atoms with van der Waals surface area (Å²) in [6, 6.07) is 18.4. The summed E-state index contributed by atoms with van der Waals surface area (Å²) in [4.78, 5) is 32.5. The van der Waals surface area contributed by atoms with Gasteiger partial charge >= 0.3 is 5.97 Å². The van der Waals surface area contributed by atoms with Gasteiger partial charge in [-0.3, -0.25) is 9.59 Å². The number of aromatic nitrogens is 1. The topological polar surface area (TPSA) is 97.8 Å². The molecule has 9 heteroatoms. The zero-order chi connectivity index (χ0) is 29.0. The number of carboxylic acids is 1. The second-order valence-electron chi connectivity index (χ2n) is 11.0. The maximum absolute atomic E-state index is 12.8. The maximum atomic E-state index is 12.8.